The van der Waals surface area contributed by atoms with Crippen molar-refractivity contribution >= 4 is 10.0 Å². The van der Waals surface area contributed by atoms with Crippen molar-refractivity contribution in [2.75, 3.05) is 0 Å². The zero-order valence-electron chi connectivity index (χ0n) is 10.3. The Morgan fingerprint density at radius 2 is 2.00 bits per heavy atom. The zero-order valence-corrected chi connectivity index (χ0v) is 11.1. The molecule has 2 rings (SSSR count). The SMILES string of the molecule is Cc1ccccc1S(=O)(=O)NCc1cn[nH]c1C. The van der Waals surface area contributed by atoms with E-state index in [1.165, 1.54) is 0 Å². The maximum absolute atomic E-state index is 12.1. The molecule has 0 aliphatic rings. The van der Waals surface area contributed by atoms with Crippen molar-refractivity contribution in [1.29, 1.82) is 0 Å². The van der Waals surface area contributed by atoms with Gasteiger partial charge >= 0.3 is 0 Å². The second kappa shape index (κ2) is 4.91. The smallest absolute Gasteiger partial charge is 0.241 e. The zero-order chi connectivity index (χ0) is 13.2. The molecule has 1 heterocycles. The van der Waals surface area contributed by atoms with Crippen LogP contribution in [0.2, 0.25) is 0 Å². The summed E-state index contributed by atoms with van der Waals surface area (Å²) in [5, 5.41) is 6.62. The number of nitrogens with one attached hydrogen (secondary N) is 2. The van der Waals surface area contributed by atoms with Crippen LogP contribution in [0.3, 0.4) is 0 Å². The fourth-order valence-electron chi connectivity index (χ4n) is 1.66. The van der Waals surface area contributed by atoms with E-state index < -0.39 is 10.0 Å². The van der Waals surface area contributed by atoms with Crippen LogP contribution in [0.1, 0.15) is 16.8 Å². The number of rotatable bonds is 4. The first-order chi connectivity index (χ1) is 8.50. The molecule has 0 amide bonds. The summed E-state index contributed by atoms with van der Waals surface area (Å²) in [6.45, 7) is 3.86. The van der Waals surface area contributed by atoms with Gasteiger partial charge in [-0.25, -0.2) is 13.1 Å². The normalized spacial score (nSPS) is 11.7. The van der Waals surface area contributed by atoms with Crippen molar-refractivity contribution in [1.82, 2.24) is 14.9 Å². The molecule has 0 aliphatic carbocycles. The van der Waals surface area contributed by atoms with Gasteiger partial charge in [0.1, 0.15) is 0 Å². The van der Waals surface area contributed by atoms with E-state index in [0.717, 1.165) is 16.8 Å². The van der Waals surface area contributed by atoms with Crippen molar-refractivity contribution in [3.63, 3.8) is 0 Å². The van der Waals surface area contributed by atoms with Gasteiger partial charge in [-0.1, -0.05) is 18.2 Å². The largest absolute Gasteiger partial charge is 0.283 e. The molecule has 96 valence electrons. The predicted molar refractivity (Wildman–Crippen MR) is 68.5 cm³/mol. The second-order valence-corrected chi connectivity index (χ2v) is 5.85. The van der Waals surface area contributed by atoms with E-state index in [1.54, 1.807) is 31.3 Å². The lowest BCUT2D eigenvalue weighted by Gasteiger charge is -2.08. The highest BCUT2D eigenvalue weighted by molar-refractivity contribution is 7.89. The molecule has 0 atom stereocenters. The highest BCUT2D eigenvalue weighted by atomic mass is 32.2. The number of sulfonamides is 1. The molecule has 2 aromatic rings. The number of nitrogens with zero attached hydrogens (tertiary/aromatic N) is 1. The van der Waals surface area contributed by atoms with Crippen LogP contribution in [0.25, 0.3) is 0 Å². The summed E-state index contributed by atoms with van der Waals surface area (Å²) in [5.41, 5.74) is 2.43. The van der Waals surface area contributed by atoms with E-state index in [-0.39, 0.29) is 6.54 Å². The molecule has 0 bridgehead atoms. The Kier molecular flexibility index (Phi) is 3.49. The van der Waals surface area contributed by atoms with E-state index in [4.69, 9.17) is 0 Å². The third-order valence-electron chi connectivity index (χ3n) is 2.77. The third-order valence-corrected chi connectivity index (χ3v) is 4.33. The molecular weight excluding hydrogens is 250 g/mol. The maximum Gasteiger partial charge on any atom is 0.241 e. The van der Waals surface area contributed by atoms with Gasteiger partial charge in [0.2, 0.25) is 10.0 Å². The lowest BCUT2D eigenvalue weighted by atomic mass is 10.2. The number of aromatic nitrogens is 2. The van der Waals surface area contributed by atoms with Gasteiger partial charge in [0.05, 0.1) is 11.1 Å². The highest BCUT2D eigenvalue weighted by Crippen LogP contribution is 2.14. The van der Waals surface area contributed by atoms with E-state index >= 15 is 0 Å². The third kappa shape index (κ3) is 2.60. The molecular formula is C12H15N3O2S. The van der Waals surface area contributed by atoms with Crippen molar-refractivity contribution in [2.45, 2.75) is 25.3 Å². The Balaban J connectivity index is 2.19. The molecule has 0 saturated heterocycles. The molecule has 0 fully saturated rings. The summed E-state index contributed by atoms with van der Waals surface area (Å²) >= 11 is 0. The minimum absolute atomic E-state index is 0.235. The molecule has 2 N–H and O–H groups in total. The lowest BCUT2D eigenvalue weighted by molar-refractivity contribution is 0.580. The molecule has 1 aromatic heterocycles. The van der Waals surface area contributed by atoms with Crippen LogP contribution in [0, 0.1) is 13.8 Å². The Hall–Kier alpha value is -1.66. The van der Waals surface area contributed by atoms with Gasteiger partial charge in [-0.2, -0.15) is 5.10 Å². The summed E-state index contributed by atoms with van der Waals surface area (Å²) in [5.74, 6) is 0. The summed E-state index contributed by atoms with van der Waals surface area (Å²) in [4.78, 5) is 0.311. The molecule has 0 aliphatic heterocycles. The standard InChI is InChI=1S/C12H15N3O2S/c1-9-5-3-4-6-12(9)18(16,17)14-8-11-7-13-15-10(11)2/h3-7,14H,8H2,1-2H3,(H,13,15). The first-order valence-corrected chi connectivity index (χ1v) is 7.03. The minimum Gasteiger partial charge on any atom is -0.283 e. The molecule has 0 spiro atoms. The maximum atomic E-state index is 12.1. The van der Waals surface area contributed by atoms with Crippen LogP contribution in [-0.4, -0.2) is 18.6 Å². The summed E-state index contributed by atoms with van der Waals surface area (Å²) in [6.07, 6.45) is 1.62. The van der Waals surface area contributed by atoms with Gasteiger partial charge in [-0.3, -0.25) is 5.10 Å². The number of hydrogen-bond donors (Lipinski definition) is 2. The minimum atomic E-state index is -3.48. The van der Waals surface area contributed by atoms with E-state index in [1.807, 2.05) is 13.0 Å². The Labute approximate surface area is 106 Å². The first-order valence-electron chi connectivity index (χ1n) is 5.55. The van der Waals surface area contributed by atoms with Gasteiger partial charge < -0.3 is 0 Å². The Morgan fingerprint density at radius 1 is 1.28 bits per heavy atom. The van der Waals surface area contributed by atoms with Crippen molar-refractivity contribution in [2.24, 2.45) is 0 Å². The number of aryl methyl sites for hydroxylation is 2. The molecule has 0 saturated carbocycles. The van der Waals surface area contributed by atoms with Gasteiger partial charge in [0.25, 0.3) is 0 Å². The summed E-state index contributed by atoms with van der Waals surface area (Å²) < 4.78 is 26.8. The highest BCUT2D eigenvalue weighted by Gasteiger charge is 2.16. The Morgan fingerprint density at radius 3 is 2.61 bits per heavy atom. The predicted octanol–water partition coefficient (Wildman–Crippen LogP) is 1.51. The van der Waals surface area contributed by atoms with Crippen molar-refractivity contribution in [3.8, 4) is 0 Å². The average Bonchev–Trinajstić information content (AvgIpc) is 2.73. The van der Waals surface area contributed by atoms with E-state index in [0.29, 0.717) is 4.90 Å². The Bertz CT molecular complexity index is 647. The number of aromatic amines is 1. The topological polar surface area (TPSA) is 74.8 Å². The van der Waals surface area contributed by atoms with Crippen molar-refractivity contribution < 1.29 is 8.42 Å². The van der Waals surface area contributed by atoms with E-state index in [2.05, 4.69) is 14.9 Å². The summed E-state index contributed by atoms with van der Waals surface area (Å²) in [6, 6.07) is 6.90. The molecule has 6 heteroatoms. The molecule has 0 radical (unpaired) electrons. The van der Waals surface area contributed by atoms with Gasteiger partial charge in [0, 0.05) is 17.8 Å². The second-order valence-electron chi connectivity index (χ2n) is 4.11. The number of hydrogen-bond acceptors (Lipinski definition) is 3. The summed E-state index contributed by atoms with van der Waals surface area (Å²) in [7, 11) is -3.48. The fourth-order valence-corrected chi connectivity index (χ4v) is 2.91. The molecule has 1 aromatic carbocycles. The van der Waals surface area contributed by atoms with E-state index in [9.17, 15) is 8.42 Å². The monoisotopic (exact) mass is 265 g/mol. The quantitative estimate of drug-likeness (QED) is 0.879. The van der Waals surface area contributed by atoms with Crippen molar-refractivity contribution in [3.05, 3.63) is 47.3 Å². The van der Waals surface area contributed by atoms with Crippen LogP contribution in [0.5, 0.6) is 0 Å². The molecule has 5 nitrogen and oxygen atoms in total. The number of H-pyrrole nitrogens is 1. The van der Waals surface area contributed by atoms with Crippen LogP contribution in [-0.2, 0) is 16.6 Å². The van der Waals surface area contributed by atoms with Gasteiger partial charge in [0.15, 0.2) is 0 Å². The fraction of sp³-hybridized carbons (Fsp3) is 0.250. The lowest BCUT2D eigenvalue weighted by Crippen LogP contribution is -2.24. The molecule has 18 heavy (non-hydrogen) atoms. The van der Waals surface area contributed by atoms with Crippen LogP contribution < -0.4 is 4.72 Å². The average molecular weight is 265 g/mol. The van der Waals surface area contributed by atoms with Crippen LogP contribution >= 0.6 is 0 Å². The first kappa shape index (κ1) is 12.8. The van der Waals surface area contributed by atoms with Gasteiger partial charge in [-0.05, 0) is 25.5 Å². The molecule has 0 unspecified atom stereocenters. The van der Waals surface area contributed by atoms with Crippen LogP contribution in [0.4, 0.5) is 0 Å². The van der Waals surface area contributed by atoms with Gasteiger partial charge in [-0.15, -0.1) is 0 Å². The number of benzene rings is 1. The van der Waals surface area contributed by atoms with Crippen LogP contribution in [0.15, 0.2) is 35.4 Å².